The van der Waals surface area contributed by atoms with Gasteiger partial charge in [0.05, 0.1) is 12.2 Å². The highest BCUT2D eigenvalue weighted by atomic mass is 19.3. The van der Waals surface area contributed by atoms with Crippen molar-refractivity contribution in [3.05, 3.63) is 29.3 Å². The number of alkyl halides is 2. The third-order valence-corrected chi connectivity index (χ3v) is 3.66. The van der Waals surface area contributed by atoms with Crippen LogP contribution in [-0.2, 0) is 6.42 Å². The van der Waals surface area contributed by atoms with Gasteiger partial charge in [-0.05, 0) is 18.1 Å². The van der Waals surface area contributed by atoms with Crippen molar-refractivity contribution in [2.45, 2.75) is 31.6 Å². The van der Waals surface area contributed by atoms with E-state index >= 15 is 0 Å². The van der Waals surface area contributed by atoms with Crippen molar-refractivity contribution in [2.75, 3.05) is 6.61 Å². The molecule has 1 aromatic rings. The van der Waals surface area contributed by atoms with E-state index in [9.17, 15) is 13.6 Å². The number of benzene rings is 1. The molecule has 1 aromatic carbocycles. The first kappa shape index (κ1) is 11.6. The Kier molecular flexibility index (Phi) is 2.61. The van der Waals surface area contributed by atoms with Crippen molar-refractivity contribution >= 4 is 5.78 Å². The van der Waals surface area contributed by atoms with Crippen LogP contribution < -0.4 is 4.74 Å². The molecule has 4 heteroatoms. The molecule has 0 bridgehead atoms. The number of hydrogen-bond acceptors (Lipinski definition) is 2. The fraction of sp³-hybridized carbons (Fsp3) is 0.500. The van der Waals surface area contributed by atoms with Crippen LogP contribution in [0.3, 0.4) is 0 Å². The fourth-order valence-corrected chi connectivity index (χ4v) is 2.71. The molecule has 0 atom stereocenters. The number of carbonyl (C=O) groups is 1. The zero-order valence-corrected chi connectivity index (χ0v) is 9.92. The molecule has 1 saturated carbocycles. The van der Waals surface area contributed by atoms with Crippen LogP contribution in [-0.4, -0.2) is 18.3 Å². The van der Waals surface area contributed by atoms with Gasteiger partial charge >= 0.3 is 0 Å². The first-order valence-electron chi connectivity index (χ1n) is 6.21. The van der Waals surface area contributed by atoms with Crippen LogP contribution in [0, 0.1) is 5.92 Å². The lowest BCUT2D eigenvalue weighted by atomic mass is 9.82. The van der Waals surface area contributed by atoms with Crippen LogP contribution in [0.1, 0.15) is 35.2 Å². The second kappa shape index (κ2) is 4.04. The summed E-state index contributed by atoms with van der Waals surface area (Å²) >= 11 is 0. The average molecular weight is 252 g/mol. The van der Waals surface area contributed by atoms with Gasteiger partial charge < -0.3 is 4.74 Å². The summed E-state index contributed by atoms with van der Waals surface area (Å²) in [5.41, 5.74) is 1.67. The number of aryl methyl sites for hydroxylation is 1. The molecule has 0 spiro atoms. The Morgan fingerprint density at radius 2 is 2.06 bits per heavy atom. The van der Waals surface area contributed by atoms with Crippen LogP contribution in [0.2, 0.25) is 0 Å². The lowest BCUT2D eigenvalue weighted by molar-refractivity contribution is -0.119. The molecular weight excluding hydrogens is 238 g/mol. The zero-order valence-electron chi connectivity index (χ0n) is 9.92. The average Bonchev–Trinajstić information content (AvgIpc) is 2.66. The lowest BCUT2D eigenvalue weighted by Crippen LogP contribution is -2.38. The minimum Gasteiger partial charge on any atom is -0.493 e. The number of carbonyl (C=O) groups excluding carboxylic acids is 1. The number of halogens is 2. The topological polar surface area (TPSA) is 26.3 Å². The Labute approximate surface area is 104 Å². The first-order chi connectivity index (χ1) is 8.55. The van der Waals surface area contributed by atoms with E-state index in [1.54, 1.807) is 6.07 Å². The molecule has 18 heavy (non-hydrogen) atoms. The lowest BCUT2D eigenvalue weighted by Gasteiger charge is -2.34. The molecule has 0 heterocycles. The van der Waals surface area contributed by atoms with Crippen molar-refractivity contribution < 1.29 is 18.3 Å². The standard InChI is InChI=1S/C14H14F2O2/c15-14(16)6-9(7-14)8-18-12-3-1-2-10-4-5-11(17)13(10)12/h1-3,9H,4-8H2. The Morgan fingerprint density at radius 1 is 1.28 bits per heavy atom. The predicted molar refractivity (Wildman–Crippen MR) is 62.3 cm³/mol. The van der Waals surface area contributed by atoms with Crippen LogP contribution in [0.25, 0.3) is 0 Å². The molecule has 0 aliphatic heterocycles. The number of ether oxygens (including phenoxy) is 1. The molecule has 0 N–H and O–H groups in total. The molecule has 2 aliphatic carbocycles. The summed E-state index contributed by atoms with van der Waals surface area (Å²) in [6.07, 6.45) is 1.08. The van der Waals surface area contributed by atoms with Gasteiger partial charge in [0.1, 0.15) is 5.75 Å². The largest absolute Gasteiger partial charge is 0.493 e. The van der Waals surface area contributed by atoms with E-state index in [0.29, 0.717) is 17.7 Å². The van der Waals surface area contributed by atoms with Crippen molar-refractivity contribution in [1.29, 1.82) is 0 Å². The van der Waals surface area contributed by atoms with Crippen LogP contribution >= 0.6 is 0 Å². The SMILES string of the molecule is O=C1CCc2cccc(OCC3CC(F)(F)C3)c21. The third-order valence-electron chi connectivity index (χ3n) is 3.66. The fourth-order valence-electron chi connectivity index (χ4n) is 2.71. The molecule has 0 saturated heterocycles. The monoisotopic (exact) mass is 252 g/mol. The summed E-state index contributed by atoms with van der Waals surface area (Å²) < 4.78 is 30.9. The smallest absolute Gasteiger partial charge is 0.248 e. The Hall–Kier alpha value is -1.45. The zero-order chi connectivity index (χ0) is 12.8. The van der Waals surface area contributed by atoms with E-state index in [-0.39, 0.29) is 31.1 Å². The molecule has 1 fully saturated rings. The van der Waals surface area contributed by atoms with E-state index in [4.69, 9.17) is 4.74 Å². The van der Waals surface area contributed by atoms with Crippen LogP contribution in [0.5, 0.6) is 5.75 Å². The van der Waals surface area contributed by atoms with Gasteiger partial charge in [-0.25, -0.2) is 8.78 Å². The molecule has 2 aliphatic rings. The highest BCUT2D eigenvalue weighted by Crippen LogP contribution is 2.42. The molecule has 0 aromatic heterocycles. The molecule has 0 amide bonds. The van der Waals surface area contributed by atoms with E-state index in [0.717, 1.165) is 12.0 Å². The maximum Gasteiger partial charge on any atom is 0.248 e. The van der Waals surface area contributed by atoms with Gasteiger partial charge in [0, 0.05) is 25.2 Å². The van der Waals surface area contributed by atoms with Crippen molar-refractivity contribution in [3.8, 4) is 5.75 Å². The van der Waals surface area contributed by atoms with Crippen molar-refractivity contribution in [2.24, 2.45) is 5.92 Å². The number of hydrogen-bond donors (Lipinski definition) is 0. The number of ketones is 1. The van der Waals surface area contributed by atoms with Gasteiger partial charge in [0.15, 0.2) is 5.78 Å². The minimum absolute atomic E-state index is 0.0904. The van der Waals surface area contributed by atoms with E-state index in [1.807, 2.05) is 12.1 Å². The second-order valence-electron chi connectivity index (χ2n) is 5.15. The predicted octanol–water partition coefficient (Wildman–Crippen LogP) is 3.24. The number of Topliss-reactive ketones (excluding diaryl/α,β-unsaturated/α-hetero) is 1. The molecule has 0 unspecified atom stereocenters. The second-order valence-corrected chi connectivity index (χ2v) is 5.15. The highest BCUT2D eigenvalue weighted by Gasteiger charge is 2.45. The summed E-state index contributed by atoms with van der Waals surface area (Å²) in [5, 5.41) is 0. The maximum absolute atomic E-state index is 12.7. The third kappa shape index (κ3) is 2.00. The summed E-state index contributed by atoms with van der Waals surface area (Å²) in [5.74, 6) is -1.94. The summed E-state index contributed by atoms with van der Waals surface area (Å²) in [4.78, 5) is 11.7. The summed E-state index contributed by atoms with van der Waals surface area (Å²) in [6.45, 7) is 0.277. The Morgan fingerprint density at radius 3 is 2.78 bits per heavy atom. The van der Waals surface area contributed by atoms with Crippen molar-refractivity contribution in [1.82, 2.24) is 0 Å². The Bertz CT molecular complexity index is 489. The van der Waals surface area contributed by atoms with E-state index < -0.39 is 5.92 Å². The quantitative estimate of drug-likeness (QED) is 0.825. The van der Waals surface area contributed by atoms with Gasteiger partial charge in [-0.15, -0.1) is 0 Å². The van der Waals surface area contributed by atoms with Gasteiger partial charge in [0.2, 0.25) is 5.92 Å². The summed E-state index contributed by atoms with van der Waals surface area (Å²) in [7, 11) is 0. The minimum atomic E-state index is -2.51. The van der Waals surface area contributed by atoms with Crippen LogP contribution in [0.4, 0.5) is 8.78 Å². The highest BCUT2D eigenvalue weighted by molar-refractivity contribution is 6.02. The first-order valence-corrected chi connectivity index (χ1v) is 6.21. The normalized spacial score (nSPS) is 21.6. The molecule has 3 rings (SSSR count). The van der Waals surface area contributed by atoms with Gasteiger partial charge in [-0.3, -0.25) is 4.79 Å². The van der Waals surface area contributed by atoms with Gasteiger partial charge in [0.25, 0.3) is 0 Å². The molecule has 96 valence electrons. The molecule has 2 nitrogen and oxygen atoms in total. The molecule has 0 radical (unpaired) electrons. The van der Waals surface area contributed by atoms with E-state index in [2.05, 4.69) is 0 Å². The number of rotatable bonds is 3. The van der Waals surface area contributed by atoms with Gasteiger partial charge in [-0.1, -0.05) is 12.1 Å². The maximum atomic E-state index is 12.7. The van der Waals surface area contributed by atoms with Crippen molar-refractivity contribution in [3.63, 3.8) is 0 Å². The summed E-state index contributed by atoms with van der Waals surface area (Å²) in [6, 6.07) is 5.52. The van der Waals surface area contributed by atoms with E-state index in [1.165, 1.54) is 0 Å². The van der Waals surface area contributed by atoms with Gasteiger partial charge in [-0.2, -0.15) is 0 Å². The van der Waals surface area contributed by atoms with Crippen LogP contribution in [0.15, 0.2) is 18.2 Å². The number of fused-ring (bicyclic) bond motifs is 1. The Balaban J connectivity index is 1.67. The molecular formula is C14H14F2O2.